The zero-order valence-electron chi connectivity index (χ0n) is 9.53. The lowest BCUT2D eigenvalue weighted by molar-refractivity contribution is -0.125. The Kier molecular flexibility index (Phi) is 3.96. The Balaban J connectivity index is 1.83. The maximum atomic E-state index is 11.9. The van der Waals surface area contributed by atoms with Crippen molar-refractivity contribution in [3.8, 4) is 0 Å². The monoisotopic (exact) mass is 238 g/mol. The molecule has 2 unspecified atom stereocenters. The van der Waals surface area contributed by atoms with Crippen LogP contribution >= 0.6 is 11.3 Å². The number of hydrogen-bond donors (Lipinski definition) is 2. The summed E-state index contributed by atoms with van der Waals surface area (Å²) in [6.07, 6.45) is 2.32. The molecule has 1 aliphatic rings. The van der Waals surface area contributed by atoms with Crippen LogP contribution in [0.25, 0.3) is 0 Å². The van der Waals surface area contributed by atoms with Gasteiger partial charge < -0.3 is 10.6 Å². The number of carbonyl (C=O) groups excluding carboxylic acids is 1. The molecule has 1 fully saturated rings. The smallest absolute Gasteiger partial charge is 0.237 e. The molecule has 88 valence electrons. The molecule has 1 aromatic heterocycles. The number of thiophene rings is 1. The molecule has 1 saturated heterocycles. The minimum absolute atomic E-state index is 0.00582. The average molecular weight is 238 g/mol. The van der Waals surface area contributed by atoms with Gasteiger partial charge >= 0.3 is 0 Å². The van der Waals surface area contributed by atoms with E-state index in [2.05, 4.69) is 17.6 Å². The first-order chi connectivity index (χ1) is 7.77. The molecule has 2 rings (SSSR count). The van der Waals surface area contributed by atoms with E-state index in [1.54, 1.807) is 11.3 Å². The van der Waals surface area contributed by atoms with Crippen molar-refractivity contribution >= 4 is 17.2 Å². The third-order valence-corrected chi connectivity index (χ3v) is 3.95. The van der Waals surface area contributed by atoms with E-state index in [0.717, 1.165) is 13.0 Å². The van der Waals surface area contributed by atoms with E-state index in [0.29, 0.717) is 12.5 Å². The molecule has 1 aromatic rings. The van der Waals surface area contributed by atoms with Gasteiger partial charge in [0.15, 0.2) is 0 Å². The topological polar surface area (TPSA) is 41.1 Å². The van der Waals surface area contributed by atoms with Crippen LogP contribution in [0.2, 0.25) is 0 Å². The van der Waals surface area contributed by atoms with Crippen molar-refractivity contribution in [1.29, 1.82) is 0 Å². The summed E-state index contributed by atoms with van der Waals surface area (Å²) < 4.78 is 0. The molecule has 16 heavy (non-hydrogen) atoms. The third-order valence-electron chi connectivity index (χ3n) is 3.07. The Morgan fingerprint density at radius 3 is 3.25 bits per heavy atom. The van der Waals surface area contributed by atoms with Gasteiger partial charge in [0.2, 0.25) is 5.91 Å². The molecule has 0 aromatic carbocycles. The molecule has 3 nitrogen and oxygen atoms in total. The molecular formula is C12H18N2OS. The lowest BCUT2D eigenvalue weighted by atomic mass is 9.92. The highest BCUT2D eigenvalue weighted by Gasteiger charge is 2.26. The molecular weight excluding hydrogens is 220 g/mol. The van der Waals surface area contributed by atoms with Crippen LogP contribution in [0.5, 0.6) is 0 Å². The molecule has 0 spiro atoms. The molecule has 2 N–H and O–H groups in total. The molecule has 0 saturated carbocycles. The van der Waals surface area contributed by atoms with Gasteiger partial charge in [-0.25, -0.2) is 0 Å². The summed E-state index contributed by atoms with van der Waals surface area (Å²) in [5, 5.41) is 8.31. The highest BCUT2D eigenvalue weighted by molar-refractivity contribution is 7.09. The first kappa shape index (κ1) is 11.6. The van der Waals surface area contributed by atoms with Gasteiger partial charge in [0.05, 0.1) is 12.6 Å². The summed E-state index contributed by atoms with van der Waals surface area (Å²) in [6, 6.07) is 4.05. The van der Waals surface area contributed by atoms with E-state index in [-0.39, 0.29) is 11.9 Å². The van der Waals surface area contributed by atoms with Crippen LogP contribution < -0.4 is 10.6 Å². The van der Waals surface area contributed by atoms with Gasteiger partial charge in [-0.2, -0.15) is 0 Å². The minimum atomic E-state index is -0.00582. The number of rotatable bonds is 3. The molecule has 1 aliphatic heterocycles. The van der Waals surface area contributed by atoms with Crippen LogP contribution in [0.15, 0.2) is 17.5 Å². The number of amides is 1. The summed E-state index contributed by atoms with van der Waals surface area (Å²) in [7, 11) is 0. The number of nitrogens with one attached hydrogen (secondary N) is 2. The van der Waals surface area contributed by atoms with Crippen molar-refractivity contribution in [3.63, 3.8) is 0 Å². The van der Waals surface area contributed by atoms with Gasteiger partial charge in [-0.05, 0) is 36.8 Å². The lowest BCUT2D eigenvalue weighted by Gasteiger charge is -2.28. The second-order valence-corrected chi connectivity index (χ2v) is 5.38. The molecule has 4 heteroatoms. The van der Waals surface area contributed by atoms with Crippen LogP contribution in [-0.4, -0.2) is 18.5 Å². The predicted molar refractivity (Wildman–Crippen MR) is 66.4 cm³/mol. The number of hydrogen-bond acceptors (Lipinski definition) is 3. The molecule has 0 aliphatic carbocycles. The van der Waals surface area contributed by atoms with E-state index < -0.39 is 0 Å². The van der Waals surface area contributed by atoms with Crippen LogP contribution in [-0.2, 0) is 11.3 Å². The van der Waals surface area contributed by atoms with Gasteiger partial charge in [0.1, 0.15) is 0 Å². The summed E-state index contributed by atoms with van der Waals surface area (Å²) >= 11 is 1.68. The summed E-state index contributed by atoms with van der Waals surface area (Å²) in [5.41, 5.74) is 0. The van der Waals surface area contributed by atoms with Gasteiger partial charge in [-0.1, -0.05) is 13.0 Å². The van der Waals surface area contributed by atoms with Gasteiger partial charge in [0.25, 0.3) is 0 Å². The highest BCUT2D eigenvalue weighted by atomic mass is 32.1. The Morgan fingerprint density at radius 1 is 1.69 bits per heavy atom. The standard InChI is InChI=1S/C12H18N2OS/c1-9-4-2-6-13-11(9)12(15)14-8-10-5-3-7-16-10/h3,5,7,9,11,13H,2,4,6,8H2,1H3,(H,14,15). The van der Waals surface area contributed by atoms with Crippen LogP contribution in [0.1, 0.15) is 24.6 Å². The maximum Gasteiger partial charge on any atom is 0.237 e. The lowest BCUT2D eigenvalue weighted by Crippen LogP contribution is -2.50. The van der Waals surface area contributed by atoms with Crippen LogP contribution in [0, 0.1) is 5.92 Å². The zero-order chi connectivity index (χ0) is 11.4. The largest absolute Gasteiger partial charge is 0.350 e. The number of piperidine rings is 1. The van der Waals surface area contributed by atoms with Crippen molar-refractivity contribution < 1.29 is 4.79 Å². The quantitative estimate of drug-likeness (QED) is 0.842. The second kappa shape index (κ2) is 5.46. The van der Waals surface area contributed by atoms with E-state index in [4.69, 9.17) is 0 Å². The normalized spacial score (nSPS) is 25.3. The summed E-state index contributed by atoms with van der Waals surface area (Å²) in [6.45, 7) is 3.75. The number of carbonyl (C=O) groups is 1. The summed E-state index contributed by atoms with van der Waals surface area (Å²) in [5.74, 6) is 0.581. The SMILES string of the molecule is CC1CCCNC1C(=O)NCc1cccs1. The maximum absolute atomic E-state index is 11.9. The van der Waals surface area contributed by atoms with Crippen molar-refractivity contribution in [2.24, 2.45) is 5.92 Å². The molecule has 2 atom stereocenters. The fourth-order valence-corrected chi connectivity index (χ4v) is 2.74. The van der Waals surface area contributed by atoms with Crippen LogP contribution in [0.4, 0.5) is 0 Å². The first-order valence-electron chi connectivity index (χ1n) is 5.81. The zero-order valence-corrected chi connectivity index (χ0v) is 10.3. The Labute approximate surface area is 100 Å². The van der Waals surface area contributed by atoms with Crippen molar-refractivity contribution in [2.75, 3.05) is 6.54 Å². The van der Waals surface area contributed by atoms with Gasteiger partial charge in [-0.15, -0.1) is 11.3 Å². The Morgan fingerprint density at radius 2 is 2.56 bits per heavy atom. The fourth-order valence-electron chi connectivity index (χ4n) is 2.10. The van der Waals surface area contributed by atoms with Gasteiger partial charge in [0, 0.05) is 4.88 Å². The third kappa shape index (κ3) is 2.83. The second-order valence-electron chi connectivity index (χ2n) is 4.35. The van der Waals surface area contributed by atoms with Crippen LogP contribution in [0.3, 0.4) is 0 Å². The minimum Gasteiger partial charge on any atom is -0.350 e. The summed E-state index contributed by atoms with van der Waals surface area (Å²) in [4.78, 5) is 13.1. The Hall–Kier alpha value is -0.870. The van der Waals surface area contributed by atoms with E-state index in [9.17, 15) is 4.79 Å². The average Bonchev–Trinajstić information content (AvgIpc) is 2.79. The van der Waals surface area contributed by atoms with Gasteiger partial charge in [-0.3, -0.25) is 4.79 Å². The molecule has 1 amide bonds. The molecule has 2 heterocycles. The van der Waals surface area contributed by atoms with Crippen molar-refractivity contribution in [2.45, 2.75) is 32.4 Å². The van der Waals surface area contributed by atoms with E-state index >= 15 is 0 Å². The van der Waals surface area contributed by atoms with Crippen molar-refractivity contribution in [3.05, 3.63) is 22.4 Å². The van der Waals surface area contributed by atoms with Crippen molar-refractivity contribution in [1.82, 2.24) is 10.6 Å². The molecule has 0 radical (unpaired) electrons. The molecule has 0 bridgehead atoms. The highest BCUT2D eigenvalue weighted by Crippen LogP contribution is 2.16. The first-order valence-corrected chi connectivity index (χ1v) is 6.69. The fraction of sp³-hybridized carbons (Fsp3) is 0.583. The van der Waals surface area contributed by atoms with E-state index in [1.165, 1.54) is 11.3 Å². The predicted octanol–water partition coefficient (Wildman–Crippen LogP) is 1.75. The van der Waals surface area contributed by atoms with E-state index in [1.807, 2.05) is 17.5 Å². The Bertz CT molecular complexity index is 337.